The molecule has 8 atom stereocenters. The molecule has 2 saturated heterocycles. The highest BCUT2D eigenvalue weighted by Crippen LogP contribution is 2.52. The number of hydrogen-bond acceptors (Lipinski definition) is 8. The lowest BCUT2D eigenvalue weighted by Crippen LogP contribution is -2.54. The number of likely N-dealkylation sites (tertiary alicyclic amines) is 2. The number of carbonyl (C=O) groups is 4. The topological polar surface area (TPSA) is 166 Å². The fourth-order valence-electron chi connectivity index (χ4n) is 10.4. The van der Waals surface area contributed by atoms with E-state index in [1.807, 2.05) is 66.4 Å². The summed E-state index contributed by atoms with van der Waals surface area (Å²) in [4.78, 5) is 75.1. The number of aromatic nitrogens is 4. The lowest BCUT2D eigenvalue weighted by Gasteiger charge is -2.37. The molecule has 2 aliphatic heterocycles. The van der Waals surface area contributed by atoms with Gasteiger partial charge in [-0.25, -0.2) is 19.6 Å². The lowest BCUT2D eigenvalue weighted by atomic mass is 9.95. The Labute approximate surface area is 361 Å². The third-order valence-electron chi connectivity index (χ3n) is 13.5. The first-order valence-corrected chi connectivity index (χ1v) is 21.7. The molecular formula is C48H54N8O6. The number of hydrogen-bond donors (Lipinski definition) is 3. The number of fused-ring (bicyclic) bond motifs is 4. The second-order valence-corrected chi connectivity index (χ2v) is 17.8. The van der Waals surface area contributed by atoms with E-state index in [9.17, 15) is 19.2 Å². The number of imidazole rings is 2. The average Bonchev–Trinajstić information content (AvgIpc) is 4.16. The van der Waals surface area contributed by atoms with Crippen molar-refractivity contribution in [2.24, 2.45) is 17.8 Å². The Hall–Kier alpha value is -6.44. The Morgan fingerprint density at radius 1 is 0.694 bits per heavy atom. The summed E-state index contributed by atoms with van der Waals surface area (Å²) in [5.74, 6) is 1.65. The van der Waals surface area contributed by atoms with Gasteiger partial charge in [-0.1, -0.05) is 92.7 Å². The zero-order chi connectivity index (χ0) is 43.2. The highest BCUT2D eigenvalue weighted by Gasteiger charge is 2.53. The minimum absolute atomic E-state index is 0.0561. The molecule has 0 radical (unpaired) electrons. The summed E-state index contributed by atoms with van der Waals surface area (Å²) in [6.07, 6.45) is 7.16. The van der Waals surface area contributed by atoms with Crippen molar-refractivity contribution in [3.05, 3.63) is 108 Å². The normalized spacial score (nSPS) is 23.4. The molecule has 3 N–H and O–H groups in total. The summed E-state index contributed by atoms with van der Waals surface area (Å²) in [6.45, 7) is 3.85. The van der Waals surface area contributed by atoms with Crippen LogP contribution >= 0.6 is 0 Å². The summed E-state index contributed by atoms with van der Waals surface area (Å²) in [6, 6.07) is 25.0. The summed E-state index contributed by atoms with van der Waals surface area (Å²) >= 11 is 0. The molecule has 14 heteroatoms. The van der Waals surface area contributed by atoms with E-state index < -0.39 is 24.3 Å². The van der Waals surface area contributed by atoms with Gasteiger partial charge in [-0.15, -0.1) is 0 Å². The van der Waals surface area contributed by atoms with Gasteiger partial charge in [0.05, 0.1) is 43.0 Å². The molecule has 14 nitrogen and oxygen atoms in total. The first-order chi connectivity index (χ1) is 30.0. The van der Waals surface area contributed by atoms with Crippen molar-refractivity contribution in [1.82, 2.24) is 40.0 Å². The molecule has 62 heavy (non-hydrogen) atoms. The van der Waals surface area contributed by atoms with Gasteiger partial charge in [-0.3, -0.25) is 9.59 Å². The number of aromatic amines is 2. The molecule has 322 valence electrons. The number of nitrogens with one attached hydrogen (secondary N) is 3. The van der Waals surface area contributed by atoms with Crippen LogP contribution in [0.4, 0.5) is 9.59 Å². The maximum absolute atomic E-state index is 14.4. The van der Waals surface area contributed by atoms with Gasteiger partial charge in [-0.2, -0.15) is 0 Å². The van der Waals surface area contributed by atoms with Crippen molar-refractivity contribution >= 4 is 24.0 Å². The Bertz CT molecular complexity index is 2430. The molecule has 4 fully saturated rings. The van der Waals surface area contributed by atoms with Gasteiger partial charge in [0.25, 0.3) is 5.91 Å². The number of nitrogens with zero attached hydrogens (tertiary/aromatic N) is 5. The second-order valence-electron chi connectivity index (χ2n) is 17.8. The van der Waals surface area contributed by atoms with Gasteiger partial charge in [-0.05, 0) is 78.5 Å². The van der Waals surface area contributed by atoms with E-state index in [0.717, 1.165) is 83.8 Å². The number of ether oxygens (including phenoxy) is 2. The summed E-state index contributed by atoms with van der Waals surface area (Å²) in [7, 11) is 4.52. The zero-order valence-corrected chi connectivity index (χ0v) is 35.8. The Balaban J connectivity index is 0.889. The van der Waals surface area contributed by atoms with Gasteiger partial charge in [0, 0.05) is 31.7 Å². The van der Waals surface area contributed by atoms with Crippen LogP contribution in [-0.4, -0.2) is 98.0 Å². The summed E-state index contributed by atoms with van der Waals surface area (Å²) in [5.41, 5.74) is 6.47. The van der Waals surface area contributed by atoms with Gasteiger partial charge in [0.15, 0.2) is 0 Å². The quantitative estimate of drug-likeness (QED) is 0.120. The molecule has 0 unspecified atom stereocenters. The highest BCUT2D eigenvalue weighted by atomic mass is 16.6. The van der Waals surface area contributed by atoms with E-state index in [0.29, 0.717) is 11.5 Å². The van der Waals surface area contributed by atoms with Crippen LogP contribution in [0, 0.1) is 17.8 Å². The van der Waals surface area contributed by atoms with E-state index in [4.69, 9.17) is 19.4 Å². The molecule has 5 aromatic rings. The predicted molar refractivity (Wildman–Crippen MR) is 232 cm³/mol. The molecular weight excluding hydrogens is 785 g/mol. The maximum Gasteiger partial charge on any atom is 0.410 e. The molecule has 4 aliphatic rings. The first kappa shape index (κ1) is 40.9. The number of benzene rings is 3. The third-order valence-corrected chi connectivity index (χ3v) is 13.5. The van der Waals surface area contributed by atoms with Gasteiger partial charge in [0.1, 0.15) is 17.7 Å². The fourth-order valence-corrected chi connectivity index (χ4v) is 10.4. The smallest absolute Gasteiger partial charge is 0.410 e. The molecule has 2 aromatic heterocycles. The Morgan fingerprint density at radius 3 is 1.65 bits per heavy atom. The van der Waals surface area contributed by atoms with Crippen LogP contribution in [-0.2, 0) is 19.1 Å². The monoisotopic (exact) mass is 838 g/mol. The standard InChI is InChI=1S/C48H54N8O6/c1-27(2)39(53-47(59)61-5)45(57)55-35-21-19-33(23-35)40(55)43-49-25-37(51-43)30-15-11-28(12-16-30)29-13-17-31(18-14-29)38-26-50-44(52-38)41-34-20-22-36(24-34)56(41)46(58)42(62-48(60)54(3)4)32-9-7-6-8-10-32/h6-18,25-27,33-36,39-42H,19-24H2,1-5H3,(H,49,51)(H,50,52)(H,53,59)/t33-,34-,35+,36+,39-,40-,41-,42+/m0/s1. The van der Waals surface area contributed by atoms with Crippen molar-refractivity contribution < 1.29 is 28.7 Å². The average molecular weight is 839 g/mol. The molecule has 2 saturated carbocycles. The zero-order valence-electron chi connectivity index (χ0n) is 35.8. The highest BCUT2D eigenvalue weighted by molar-refractivity contribution is 5.87. The number of methoxy groups -OCH3 is 1. The number of rotatable bonds is 11. The number of carbonyl (C=O) groups excluding carboxylic acids is 4. The molecule has 4 heterocycles. The number of H-pyrrole nitrogens is 2. The van der Waals surface area contributed by atoms with Crippen molar-refractivity contribution in [3.8, 4) is 33.6 Å². The predicted octanol–water partition coefficient (Wildman–Crippen LogP) is 8.06. The van der Waals surface area contributed by atoms with Crippen LogP contribution in [0.2, 0.25) is 0 Å². The third kappa shape index (κ3) is 7.60. The van der Waals surface area contributed by atoms with Crippen LogP contribution in [0.1, 0.15) is 87.8 Å². The number of alkyl carbamates (subject to hydrolysis) is 1. The molecule has 0 spiro atoms. The van der Waals surface area contributed by atoms with Crippen molar-refractivity contribution in [2.45, 2.75) is 88.7 Å². The van der Waals surface area contributed by atoms with E-state index in [-0.39, 0.29) is 47.8 Å². The minimum Gasteiger partial charge on any atom is -0.453 e. The van der Waals surface area contributed by atoms with Gasteiger partial charge in [0.2, 0.25) is 12.0 Å². The van der Waals surface area contributed by atoms with Crippen LogP contribution in [0.3, 0.4) is 0 Å². The SMILES string of the molecule is COC(=O)N[C@H](C(=O)N1[C@@H]2CC[C@@H](C2)[C@H]1c1ncc(-c2ccc(-c3ccc(-c4cnc([C@@H]5[C@H]6CC[C@H](C6)N5C(=O)[C@H](OC(=O)N(C)C)c5ccccc5)[nH]4)cc3)cc2)[nH]1)C(C)C. The minimum atomic E-state index is -1.06. The van der Waals surface area contributed by atoms with Crippen molar-refractivity contribution in [1.29, 1.82) is 0 Å². The molecule has 2 aliphatic carbocycles. The molecule has 4 amide bonds. The maximum atomic E-state index is 14.4. The van der Waals surface area contributed by atoms with E-state index >= 15 is 0 Å². The van der Waals surface area contributed by atoms with E-state index in [2.05, 4.69) is 63.8 Å². The van der Waals surface area contributed by atoms with Gasteiger partial charge >= 0.3 is 12.2 Å². The number of piperidine rings is 2. The fraction of sp³-hybridized carbons (Fsp3) is 0.417. The largest absolute Gasteiger partial charge is 0.453 e. The van der Waals surface area contributed by atoms with Crippen LogP contribution in [0.25, 0.3) is 33.6 Å². The van der Waals surface area contributed by atoms with Crippen molar-refractivity contribution in [3.63, 3.8) is 0 Å². The lowest BCUT2D eigenvalue weighted by molar-refractivity contribution is -0.146. The van der Waals surface area contributed by atoms with E-state index in [1.165, 1.54) is 12.0 Å². The van der Waals surface area contributed by atoms with Crippen LogP contribution in [0.15, 0.2) is 91.3 Å². The van der Waals surface area contributed by atoms with Gasteiger partial charge < -0.3 is 39.5 Å². The molecule has 4 bridgehead atoms. The first-order valence-electron chi connectivity index (χ1n) is 21.7. The van der Waals surface area contributed by atoms with Crippen molar-refractivity contribution in [2.75, 3.05) is 21.2 Å². The Morgan fingerprint density at radius 2 is 1.18 bits per heavy atom. The summed E-state index contributed by atoms with van der Waals surface area (Å²) in [5, 5.41) is 2.76. The molecule has 3 aromatic carbocycles. The second kappa shape index (κ2) is 16.8. The molecule has 9 rings (SSSR count). The summed E-state index contributed by atoms with van der Waals surface area (Å²) < 4.78 is 10.6. The van der Waals surface area contributed by atoms with Crippen LogP contribution < -0.4 is 5.32 Å². The Kier molecular flexibility index (Phi) is 11.1. The number of amides is 4. The van der Waals surface area contributed by atoms with E-state index in [1.54, 1.807) is 14.1 Å². The van der Waals surface area contributed by atoms with Crippen LogP contribution in [0.5, 0.6) is 0 Å².